The van der Waals surface area contributed by atoms with Crippen LogP contribution < -0.4 is 5.32 Å². The molecule has 33 heavy (non-hydrogen) atoms. The van der Waals surface area contributed by atoms with E-state index in [4.69, 9.17) is 11.6 Å². The van der Waals surface area contributed by atoms with Gasteiger partial charge in [0.25, 0.3) is 5.91 Å². The number of halogens is 1. The van der Waals surface area contributed by atoms with Crippen LogP contribution in [0.15, 0.2) is 52.3 Å². The number of rotatable bonds is 8. The minimum Gasteiger partial charge on any atom is -0.322 e. The largest absolute Gasteiger partial charge is 0.322 e. The van der Waals surface area contributed by atoms with Crippen LogP contribution in [0.4, 0.5) is 5.69 Å². The van der Waals surface area contributed by atoms with Crippen molar-refractivity contribution in [1.29, 1.82) is 0 Å². The lowest BCUT2D eigenvalue weighted by atomic mass is 10.2. The number of hydrogen-bond donors (Lipinski definition) is 1. The first-order valence-corrected chi connectivity index (χ1v) is 14.1. The summed E-state index contributed by atoms with van der Waals surface area (Å²) in [6.45, 7) is 5.03. The lowest BCUT2D eigenvalue weighted by Gasteiger charge is -2.26. The summed E-state index contributed by atoms with van der Waals surface area (Å²) >= 11 is 6.20. The molecule has 3 rings (SSSR count). The molecule has 8 nitrogen and oxygen atoms in total. The Kier molecular flexibility index (Phi) is 8.17. The summed E-state index contributed by atoms with van der Waals surface area (Å²) in [6.07, 6.45) is 2.59. The number of carbonyl (C=O) groups excluding carboxylic acids is 1. The maximum atomic E-state index is 13.0. The molecule has 0 spiro atoms. The van der Waals surface area contributed by atoms with E-state index >= 15 is 0 Å². The third-order valence-electron chi connectivity index (χ3n) is 5.57. The average molecular weight is 514 g/mol. The summed E-state index contributed by atoms with van der Waals surface area (Å²) in [5.41, 5.74) is 0.250. The normalized spacial score (nSPS) is 15.5. The van der Waals surface area contributed by atoms with Gasteiger partial charge in [0.15, 0.2) is 0 Å². The number of benzene rings is 2. The van der Waals surface area contributed by atoms with E-state index in [1.165, 1.54) is 45.0 Å². The minimum atomic E-state index is -3.74. The summed E-state index contributed by atoms with van der Waals surface area (Å²) < 4.78 is 54.3. The number of sulfonamides is 2. The Bertz CT molecular complexity index is 1220. The molecule has 2 aromatic rings. The Morgan fingerprint density at radius 2 is 1.64 bits per heavy atom. The molecular formula is C22H28ClN3O5S2. The molecular weight excluding hydrogens is 486 g/mol. The first-order valence-electron chi connectivity index (χ1n) is 10.8. The van der Waals surface area contributed by atoms with Crippen molar-refractivity contribution in [3.8, 4) is 0 Å². The summed E-state index contributed by atoms with van der Waals surface area (Å²) in [5, 5.41) is 2.72. The highest BCUT2D eigenvalue weighted by atomic mass is 35.5. The summed E-state index contributed by atoms with van der Waals surface area (Å²) in [6, 6.07) is 9.95. The number of amides is 1. The molecule has 0 aromatic heterocycles. The third kappa shape index (κ3) is 5.58. The molecule has 1 saturated heterocycles. The molecule has 1 aliphatic heterocycles. The maximum absolute atomic E-state index is 13.0. The van der Waals surface area contributed by atoms with Crippen molar-refractivity contribution in [2.24, 2.45) is 0 Å². The fourth-order valence-corrected chi connectivity index (χ4v) is 6.99. The predicted octanol–water partition coefficient (Wildman–Crippen LogP) is 3.80. The molecule has 0 atom stereocenters. The van der Waals surface area contributed by atoms with Gasteiger partial charge in [-0.25, -0.2) is 16.8 Å². The van der Waals surface area contributed by atoms with E-state index in [-0.39, 0.29) is 26.1 Å². The first kappa shape index (κ1) is 25.6. The van der Waals surface area contributed by atoms with Gasteiger partial charge in [-0.15, -0.1) is 0 Å². The summed E-state index contributed by atoms with van der Waals surface area (Å²) in [5.74, 6) is -0.631. The molecule has 0 aliphatic carbocycles. The van der Waals surface area contributed by atoms with Crippen molar-refractivity contribution < 1.29 is 21.6 Å². The smallest absolute Gasteiger partial charge is 0.257 e. The number of anilines is 1. The average Bonchev–Trinajstić information content (AvgIpc) is 2.80. The van der Waals surface area contributed by atoms with Crippen LogP contribution in [0.3, 0.4) is 0 Å². The van der Waals surface area contributed by atoms with E-state index in [2.05, 4.69) is 5.32 Å². The lowest BCUT2D eigenvalue weighted by Crippen LogP contribution is -2.35. The molecule has 1 amide bonds. The molecule has 2 aromatic carbocycles. The Labute approximate surface area is 200 Å². The standard InChI is InChI=1S/C22H28ClN3O5S2/c1-3-25(4-2)32(28,29)18-10-8-9-17(15-18)24-22(27)20-16-19(11-12-21(20)23)33(30,31)26-13-6-5-7-14-26/h8-12,15-16H,3-7,13-14H2,1-2H3,(H,24,27). The second-order valence-corrected chi connectivity index (χ2v) is 12.0. The highest BCUT2D eigenvalue weighted by molar-refractivity contribution is 7.89. The summed E-state index contributed by atoms with van der Waals surface area (Å²) in [4.78, 5) is 13.0. The zero-order valence-electron chi connectivity index (χ0n) is 18.6. The van der Waals surface area contributed by atoms with Gasteiger partial charge in [-0.05, 0) is 49.2 Å². The Balaban J connectivity index is 1.87. The molecule has 180 valence electrons. The van der Waals surface area contributed by atoms with Gasteiger partial charge in [-0.2, -0.15) is 8.61 Å². The molecule has 0 unspecified atom stereocenters. The fourth-order valence-electron chi connectivity index (χ4n) is 3.74. The maximum Gasteiger partial charge on any atom is 0.257 e. The molecule has 0 saturated carbocycles. The van der Waals surface area contributed by atoms with Gasteiger partial charge in [-0.3, -0.25) is 4.79 Å². The van der Waals surface area contributed by atoms with Crippen LogP contribution in [-0.4, -0.2) is 57.5 Å². The zero-order chi connectivity index (χ0) is 24.2. The van der Waals surface area contributed by atoms with E-state index in [0.29, 0.717) is 26.2 Å². The molecule has 1 fully saturated rings. The number of piperidine rings is 1. The fraction of sp³-hybridized carbons (Fsp3) is 0.409. The van der Waals surface area contributed by atoms with E-state index in [0.717, 1.165) is 19.3 Å². The molecule has 1 N–H and O–H groups in total. The zero-order valence-corrected chi connectivity index (χ0v) is 21.0. The van der Waals surface area contributed by atoms with Crippen LogP contribution in [0.2, 0.25) is 5.02 Å². The van der Waals surface area contributed by atoms with Gasteiger partial charge >= 0.3 is 0 Å². The third-order valence-corrected chi connectivity index (χ3v) is 9.84. The van der Waals surface area contributed by atoms with Crippen molar-refractivity contribution in [2.75, 3.05) is 31.5 Å². The van der Waals surface area contributed by atoms with Gasteiger partial charge in [0.05, 0.1) is 20.4 Å². The van der Waals surface area contributed by atoms with E-state index in [1.807, 2.05) is 0 Å². The van der Waals surface area contributed by atoms with E-state index in [9.17, 15) is 21.6 Å². The van der Waals surface area contributed by atoms with Crippen LogP contribution in [0.5, 0.6) is 0 Å². The van der Waals surface area contributed by atoms with Crippen LogP contribution in [0, 0.1) is 0 Å². The highest BCUT2D eigenvalue weighted by Gasteiger charge is 2.27. The Morgan fingerprint density at radius 3 is 2.27 bits per heavy atom. The molecule has 1 aliphatic rings. The van der Waals surface area contributed by atoms with E-state index in [1.54, 1.807) is 19.9 Å². The molecule has 0 radical (unpaired) electrons. The van der Waals surface area contributed by atoms with Crippen LogP contribution in [0.25, 0.3) is 0 Å². The number of carbonyl (C=O) groups is 1. The second-order valence-electron chi connectivity index (χ2n) is 7.68. The van der Waals surface area contributed by atoms with Crippen molar-refractivity contribution in [2.45, 2.75) is 42.9 Å². The van der Waals surface area contributed by atoms with Crippen LogP contribution >= 0.6 is 11.6 Å². The Hall–Kier alpha value is -1.98. The quantitative estimate of drug-likeness (QED) is 0.578. The SMILES string of the molecule is CCN(CC)S(=O)(=O)c1cccc(NC(=O)c2cc(S(=O)(=O)N3CCCCC3)ccc2Cl)c1. The van der Waals surface area contributed by atoms with Crippen LogP contribution in [0.1, 0.15) is 43.5 Å². The van der Waals surface area contributed by atoms with Crippen LogP contribution in [-0.2, 0) is 20.0 Å². The van der Waals surface area contributed by atoms with E-state index < -0.39 is 26.0 Å². The minimum absolute atomic E-state index is 0.00295. The first-order chi connectivity index (χ1) is 15.6. The lowest BCUT2D eigenvalue weighted by molar-refractivity contribution is 0.102. The molecule has 0 bridgehead atoms. The highest BCUT2D eigenvalue weighted by Crippen LogP contribution is 2.26. The van der Waals surface area contributed by atoms with Gasteiger partial charge in [-0.1, -0.05) is 37.9 Å². The Morgan fingerprint density at radius 1 is 0.970 bits per heavy atom. The number of nitrogens with one attached hydrogen (secondary N) is 1. The monoisotopic (exact) mass is 513 g/mol. The number of nitrogens with zero attached hydrogens (tertiary/aromatic N) is 2. The number of hydrogen-bond acceptors (Lipinski definition) is 5. The predicted molar refractivity (Wildman–Crippen MR) is 129 cm³/mol. The van der Waals surface area contributed by atoms with Crippen molar-refractivity contribution in [1.82, 2.24) is 8.61 Å². The second kappa shape index (κ2) is 10.5. The summed E-state index contributed by atoms with van der Waals surface area (Å²) in [7, 11) is -7.44. The van der Waals surface area contributed by atoms with Crippen molar-refractivity contribution in [3.05, 3.63) is 53.1 Å². The van der Waals surface area contributed by atoms with Gasteiger partial charge < -0.3 is 5.32 Å². The van der Waals surface area contributed by atoms with Crippen molar-refractivity contribution in [3.63, 3.8) is 0 Å². The topological polar surface area (TPSA) is 104 Å². The molecule has 11 heteroatoms. The van der Waals surface area contributed by atoms with Gasteiger partial charge in [0.2, 0.25) is 20.0 Å². The van der Waals surface area contributed by atoms with Gasteiger partial charge in [0.1, 0.15) is 0 Å². The van der Waals surface area contributed by atoms with Crippen molar-refractivity contribution >= 4 is 43.2 Å². The molecule has 1 heterocycles. The van der Waals surface area contributed by atoms with Gasteiger partial charge in [0, 0.05) is 31.9 Å².